The van der Waals surface area contributed by atoms with Gasteiger partial charge in [-0.25, -0.2) is 4.79 Å². The molecule has 0 unspecified atom stereocenters. The van der Waals surface area contributed by atoms with Crippen molar-refractivity contribution >= 4 is 39.5 Å². The molecule has 1 aromatic rings. The summed E-state index contributed by atoms with van der Waals surface area (Å²) < 4.78 is 0.650. The van der Waals surface area contributed by atoms with E-state index >= 15 is 0 Å². The molecule has 110 valence electrons. The Balaban J connectivity index is 2.93. The number of nitriles is 1. The summed E-state index contributed by atoms with van der Waals surface area (Å²) in [5.41, 5.74) is 5.35. The van der Waals surface area contributed by atoms with E-state index in [1.807, 2.05) is 6.07 Å². The predicted molar refractivity (Wildman–Crippen MR) is 76.3 cm³/mol. The van der Waals surface area contributed by atoms with Gasteiger partial charge in [-0.05, 0) is 18.2 Å². The van der Waals surface area contributed by atoms with Crippen molar-refractivity contribution in [3.63, 3.8) is 0 Å². The van der Waals surface area contributed by atoms with E-state index in [4.69, 9.17) is 16.1 Å². The second-order valence-electron chi connectivity index (χ2n) is 3.95. The van der Waals surface area contributed by atoms with Crippen LogP contribution in [0.15, 0.2) is 22.7 Å². The Morgan fingerprint density at radius 2 is 2.05 bits per heavy atom. The number of anilines is 1. The minimum Gasteiger partial charge on any atom is -0.480 e. The number of nitrogens with one attached hydrogen (secondary N) is 1. The van der Waals surface area contributed by atoms with Crippen molar-refractivity contribution in [1.82, 2.24) is 4.90 Å². The van der Waals surface area contributed by atoms with Gasteiger partial charge in [-0.1, -0.05) is 15.9 Å². The molecule has 0 aliphatic carbocycles. The number of hydrogen-bond acceptors (Lipinski definition) is 4. The molecule has 0 heterocycles. The average Bonchev–Trinajstić information content (AvgIpc) is 2.38. The molecule has 0 aliphatic rings. The number of hydrogen-bond donors (Lipinski definition) is 3. The minimum atomic E-state index is -1.29. The highest BCUT2D eigenvalue weighted by atomic mass is 79.9. The summed E-state index contributed by atoms with van der Waals surface area (Å²) in [5.74, 6) is -2.13. The molecule has 0 spiro atoms. The molecule has 8 nitrogen and oxygen atoms in total. The molecule has 0 saturated carbocycles. The van der Waals surface area contributed by atoms with Gasteiger partial charge in [0.05, 0.1) is 11.3 Å². The molecule has 3 amide bonds. The van der Waals surface area contributed by atoms with E-state index in [0.29, 0.717) is 4.47 Å². The van der Waals surface area contributed by atoms with E-state index in [1.165, 1.54) is 12.1 Å². The fraction of sp³-hybridized carbons (Fsp3) is 0.167. The highest BCUT2D eigenvalue weighted by Gasteiger charge is 2.19. The summed E-state index contributed by atoms with van der Waals surface area (Å²) in [6, 6.07) is 5.62. The summed E-state index contributed by atoms with van der Waals surface area (Å²) in [5, 5.41) is 20.1. The van der Waals surface area contributed by atoms with E-state index in [-0.39, 0.29) is 11.3 Å². The van der Waals surface area contributed by atoms with Gasteiger partial charge in [0.15, 0.2) is 0 Å². The molecular weight excluding hydrogens is 344 g/mol. The van der Waals surface area contributed by atoms with Crippen LogP contribution in [-0.4, -0.2) is 41.0 Å². The topological polar surface area (TPSA) is 137 Å². The maximum absolute atomic E-state index is 12.0. The van der Waals surface area contributed by atoms with Gasteiger partial charge in [-0.15, -0.1) is 0 Å². The first-order chi connectivity index (χ1) is 9.83. The van der Waals surface area contributed by atoms with Crippen LogP contribution in [0, 0.1) is 11.3 Å². The number of nitrogens with zero attached hydrogens (tertiary/aromatic N) is 2. The lowest BCUT2D eigenvalue weighted by molar-refractivity contribution is -0.137. The molecule has 1 aromatic carbocycles. The van der Waals surface area contributed by atoms with Gasteiger partial charge in [0.25, 0.3) is 0 Å². The molecule has 0 atom stereocenters. The number of rotatable bonds is 5. The highest BCUT2D eigenvalue weighted by molar-refractivity contribution is 9.10. The zero-order chi connectivity index (χ0) is 16.0. The number of primary amides is 1. The Hall–Kier alpha value is -2.60. The lowest BCUT2D eigenvalue weighted by Gasteiger charge is -2.19. The summed E-state index contributed by atoms with van der Waals surface area (Å²) in [7, 11) is 0. The fourth-order valence-corrected chi connectivity index (χ4v) is 1.82. The third kappa shape index (κ3) is 5.12. The van der Waals surface area contributed by atoms with Crippen molar-refractivity contribution in [3.8, 4) is 6.07 Å². The van der Waals surface area contributed by atoms with Crippen LogP contribution in [0.2, 0.25) is 0 Å². The van der Waals surface area contributed by atoms with Crippen molar-refractivity contribution < 1.29 is 19.5 Å². The number of amides is 3. The minimum absolute atomic E-state index is 0.187. The second-order valence-corrected chi connectivity index (χ2v) is 4.86. The smallest absolute Gasteiger partial charge is 0.323 e. The van der Waals surface area contributed by atoms with Crippen LogP contribution in [0.5, 0.6) is 0 Å². The summed E-state index contributed by atoms with van der Waals surface area (Å²) in [6.45, 7) is -1.23. The summed E-state index contributed by atoms with van der Waals surface area (Å²) >= 11 is 3.18. The summed E-state index contributed by atoms with van der Waals surface area (Å²) in [6.07, 6.45) is 0. The second kappa shape index (κ2) is 7.25. The molecule has 0 aromatic heterocycles. The van der Waals surface area contributed by atoms with Gasteiger partial charge in [-0.2, -0.15) is 5.26 Å². The van der Waals surface area contributed by atoms with Crippen LogP contribution < -0.4 is 11.1 Å². The van der Waals surface area contributed by atoms with Crippen molar-refractivity contribution in [2.24, 2.45) is 5.73 Å². The van der Waals surface area contributed by atoms with Crippen molar-refractivity contribution in [1.29, 1.82) is 5.26 Å². The van der Waals surface area contributed by atoms with E-state index in [9.17, 15) is 14.4 Å². The molecule has 1 rings (SSSR count). The first-order valence-electron chi connectivity index (χ1n) is 5.59. The van der Waals surface area contributed by atoms with Crippen LogP contribution >= 0.6 is 15.9 Å². The first-order valence-corrected chi connectivity index (χ1v) is 6.38. The van der Waals surface area contributed by atoms with Gasteiger partial charge in [0.2, 0.25) is 5.91 Å². The molecule has 0 fully saturated rings. The van der Waals surface area contributed by atoms with Crippen molar-refractivity contribution in [2.45, 2.75) is 0 Å². The van der Waals surface area contributed by atoms with E-state index < -0.39 is 31.0 Å². The van der Waals surface area contributed by atoms with Crippen LogP contribution in [0.4, 0.5) is 10.5 Å². The maximum Gasteiger partial charge on any atom is 0.323 e. The van der Waals surface area contributed by atoms with E-state index in [0.717, 1.165) is 4.90 Å². The lowest BCUT2D eigenvalue weighted by atomic mass is 10.2. The number of halogens is 1. The van der Waals surface area contributed by atoms with Crippen molar-refractivity contribution in [3.05, 3.63) is 28.2 Å². The predicted octanol–water partition coefficient (Wildman–Crippen LogP) is 0.725. The quantitative estimate of drug-likeness (QED) is 0.715. The summed E-state index contributed by atoms with van der Waals surface area (Å²) in [4.78, 5) is 34.2. The lowest BCUT2D eigenvalue weighted by Crippen LogP contribution is -2.43. The number of carbonyl (C=O) groups excluding carboxylic acids is 2. The van der Waals surface area contributed by atoms with Crippen LogP contribution in [0.25, 0.3) is 0 Å². The molecular formula is C12H11BrN4O4. The highest BCUT2D eigenvalue weighted by Crippen LogP contribution is 2.20. The number of nitrogens with two attached hydrogens (primary N) is 1. The molecule has 0 radical (unpaired) electrons. The third-order valence-electron chi connectivity index (χ3n) is 2.30. The number of benzene rings is 1. The first kappa shape index (κ1) is 16.5. The Labute approximate surface area is 128 Å². The Bertz CT molecular complexity index is 610. The molecule has 4 N–H and O–H groups in total. The van der Waals surface area contributed by atoms with Crippen LogP contribution in [-0.2, 0) is 9.59 Å². The monoisotopic (exact) mass is 354 g/mol. The molecule has 0 saturated heterocycles. The maximum atomic E-state index is 12.0. The Morgan fingerprint density at radius 1 is 1.38 bits per heavy atom. The molecule has 21 heavy (non-hydrogen) atoms. The average molecular weight is 355 g/mol. The SMILES string of the molecule is N#Cc1cc(Br)ccc1NC(=O)N(CC(N)=O)CC(=O)O. The Morgan fingerprint density at radius 3 is 2.57 bits per heavy atom. The normalized spacial score (nSPS) is 9.52. The standard InChI is InChI=1S/C12H11BrN4O4/c13-8-1-2-9(7(3-8)4-14)16-12(21)17(5-10(15)18)6-11(19)20/h1-3H,5-6H2,(H2,15,18)(H,16,21)(H,19,20). The van der Waals surface area contributed by atoms with Crippen LogP contribution in [0.1, 0.15) is 5.56 Å². The van der Waals surface area contributed by atoms with Crippen LogP contribution in [0.3, 0.4) is 0 Å². The van der Waals surface area contributed by atoms with Gasteiger partial charge in [0.1, 0.15) is 19.2 Å². The zero-order valence-corrected chi connectivity index (χ0v) is 12.3. The van der Waals surface area contributed by atoms with E-state index in [1.54, 1.807) is 6.07 Å². The van der Waals surface area contributed by atoms with Crippen molar-refractivity contribution in [2.75, 3.05) is 18.4 Å². The Kier molecular flexibility index (Phi) is 5.68. The number of carboxylic acids is 1. The van der Waals surface area contributed by atoms with Gasteiger partial charge in [0, 0.05) is 4.47 Å². The van der Waals surface area contributed by atoms with Gasteiger partial charge < -0.3 is 21.1 Å². The molecule has 9 heteroatoms. The van der Waals surface area contributed by atoms with E-state index in [2.05, 4.69) is 21.2 Å². The van der Waals surface area contributed by atoms with Gasteiger partial charge in [-0.3, -0.25) is 9.59 Å². The number of carboxylic acid groups (broad SMARTS) is 1. The number of aliphatic carboxylic acids is 1. The number of carbonyl (C=O) groups is 3. The largest absolute Gasteiger partial charge is 0.480 e. The molecule has 0 bridgehead atoms. The fourth-order valence-electron chi connectivity index (χ4n) is 1.46. The third-order valence-corrected chi connectivity index (χ3v) is 2.80. The zero-order valence-electron chi connectivity index (χ0n) is 10.7. The molecule has 0 aliphatic heterocycles. The number of urea groups is 1. The van der Waals surface area contributed by atoms with Gasteiger partial charge >= 0.3 is 12.0 Å².